The standard InChI is InChI=1S/C24H24FN3O3/c25-18-3-1-2-15(10-18)16-4-5-19(27-13-16)7-9-22-21-8-6-20(28-23(29)30)11-17(21)12-24(22,31)14-26/h1-5,7,9-10,13,17,20-22,28,31H,6,8,11-12H2,(H,29,30)/t17-,20?,21+,22-,24+/m0/s1. The number of rotatable bonds is 4. The number of hydrogen-bond acceptors (Lipinski definition) is 4. The summed E-state index contributed by atoms with van der Waals surface area (Å²) in [6, 6.07) is 11.9. The fraction of sp³-hybridized carbons (Fsp3) is 0.375. The second-order valence-electron chi connectivity index (χ2n) is 8.49. The molecule has 0 saturated heterocycles. The van der Waals surface area contributed by atoms with E-state index in [0.717, 1.165) is 17.5 Å². The van der Waals surface area contributed by atoms with Crippen LogP contribution in [0.5, 0.6) is 0 Å². The summed E-state index contributed by atoms with van der Waals surface area (Å²) < 4.78 is 13.4. The number of benzene rings is 1. The van der Waals surface area contributed by atoms with E-state index in [2.05, 4.69) is 16.4 Å². The molecule has 1 aromatic heterocycles. The van der Waals surface area contributed by atoms with E-state index in [9.17, 15) is 19.6 Å². The second kappa shape index (κ2) is 8.48. The molecule has 2 aliphatic carbocycles. The summed E-state index contributed by atoms with van der Waals surface area (Å²) in [5, 5.41) is 32.1. The fourth-order valence-electron chi connectivity index (χ4n) is 5.16. The van der Waals surface area contributed by atoms with Gasteiger partial charge in [0.25, 0.3) is 0 Å². The van der Waals surface area contributed by atoms with E-state index in [1.54, 1.807) is 12.3 Å². The summed E-state index contributed by atoms with van der Waals surface area (Å²) in [5.41, 5.74) is 0.763. The number of amides is 1. The molecular formula is C24H24FN3O3. The van der Waals surface area contributed by atoms with Crippen molar-refractivity contribution in [3.63, 3.8) is 0 Å². The van der Waals surface area contributed by atoms with E-state index in [-0.39, 0.29) is 29.6 Å². The van der Waals surface area contributed by atoms with Crippen LogP contribution in [0.15, 0.2) is 48.7 Å². The van der Waals surface area contributed by atoms with E-state index in [4.69, 9.17) is 5.11 Å². The number of carbonyl (C=O) groups is 1. The Bertz CT molecular complexity index is 1030. The number of aromatic nitrogens is 1. The molecule has 1 unspecified atom stereocenters. The predicted molar refractivity (Wildman–Crippen MR) is 113 cm³/mol. The average Bonchev–Trinajstić information content (AvgIpc) is 3.03. The molecular weight excluding hydrogens is 397 g/mol. The molecule has 4 rings (SSSR count). The van der Waals surface area contributed by atoms with Gasteiger partial charge in [0.1, 0.15) is 5.82 Å². The lowest BCUT2D eigenvalue weighted by molar-refractivity contribution is 0.0672. The molecule has 160 valence electrons. The highest BCUT2D eigenvalue weighted by atomic mass is 19.1. The minimum atomic E-state index is -1.47. The van der Waals surface area contributed by atoms with Crippen LogP contribution in [0.4, 0.5) is 9.18 Å². The number of halogens is 1. The molecule has 6 nitrogen and oxygen atoms in total. The van der Waals surface area contributed by atoms with Crippen molar-refractivity contribution in [2.24, 2.45) is 17.8 Å². The molecule has 2 saturated carbocycles. The van der Waals surface area contributed by atoms with Crippen LogP contribution >= 0.6 is 0 Å². The molecule has 2 aromatic rings. The predicted octanol–water partition coefficient (Wildman–Crippen LogP) is 4.23. The van der Waals surface area contributed by atoms with Crippen molar-refractivity contribution in [2.75, 3.05) is 0 Å². The zero-order chi connectivity index (χ0) is 22.0. The first-order valence-electron chi connectivity index (χ1n) is 10.4. The summed E-state index contributed by atoms with van der Waals surface area (Å²) in [7, 11) is 0. The van der Waals surface area contributed by atoms with Crippen LogP contribution in [0.25, 0.3) is 17.2 Å². The van der Waals surface area contributed by atoms with Crippen LogP contribution in [0.2, 0.25) is 0 Å². The van der Waals surface area contributed by atoms with Gasteiger partial charge in [0.15, 0.2) is 5.60 Å². The topological polar surface area (TPSA) is 106 Å². The summed E-state index contributed by atoms with van der Waals surface area (Å²) in [4.78, 5) is 15.4. The Morgan fingerprint density at radius 3 is 2.81 bits per heavy atom. The zero-order valence-corrected chi connectivity index (χ0v) is 16.9. The summed E-state index contributed by atoms with van der Waals surface area (Å²) in [5.74, 6) is -0.424. The summed E-state index contributed by atoms with van der Waals surface area (Å²) in [6.07, 6.45) is 6.72. The molecule has 2 fully saturated rings. The first-order valence-corrected chi connectivity index (χ1v) is 10.4. The van der Waals surface area contributed by atoms with Gasteiger partial charge in [-0.1, -0.05) is 24.3 Å². The molecule has 31 heavy (non-hydrogen) atoms. The number of pyridine rings is 1. The van der Waals surface area contributed by atoms with Crippen molar-refractivity contribution in [3.05, 3.63) is 60.2 Å². The zero-order valence-electron chi connectivity index (χ0n) is 16.9. The number of nitrogens with one attached hydrogen (secondary N) is 1. The number of hydrogen-bond donors (Lipinski definition) is 3. The maximum Gasteiger partial charge on any atom is 0.404 e. The summed E-state index contributed by atoms with van der Waals surface area (Å²) >= 11 is 0. The van der Waals surface area contributed by atoms with Gasteiger partial charge in [-0.15, -0.1) is 0 Å². The fourth-order valence-corrected chi connectivity index (χ4v) is 5.16. The molecule has 3 N–H and O–H groups in total. The van der Waals surface area contributed by atoms with Crippen LogP contribution in [0.1, 0.15) is 31.4 Å². The Balaban J connectivity index is 1.50. The van der Waals surface area contributed by atoms with Crippen molar-refractivity contribution in [3.8, 4) is 17.2 Å². The van der Waals surface area contributed by atoms with Gasteiger partial charge in [-0.2, -0.15) is 5.26 Å². The monoisotopic (exact) mass is 421 g/mol. The largest absolute Gasteiger partial charge is 0.465 e. The van der Waals surface area contributed by atoms with Crippen LogP contribution in [0, 0.1) is 34.9 Å². The van der Waals surface area contributed by atoms with Crippen LogP contribution in [-0.2, 0) is 0 Å². The van der Waals surface area contributed by atoms with E-state index in [1.807, 2.05) is 30.4 Å². The highest BCUT2D eigenvalue weighted by Crippen LogP contribution is 2.51. The van der Waals surface area contributed by atoms with Gasteiger partial charge < -0.3 is 15.5 Å². The second-order valence-corrected chi connectivity index (χ2v) is 8.49. The van der Waals surface area contributed by atoms with Gasteiger partial charge in [0.05, 0.1) is 11.8 Å². The third kappa shape index (κ3) is 4.44. The van der Waals surface area contributed by atoms with E-state index < -0.39 is 11.7 Å². The lowest BCUT2D eigenvalue weighted by Crippen LogP contribution is -2.39. The molecule has 7 heteroatoms. The maximum atomic E-state index is 13.4. The van der Waals surface area contributed by atoms with Gasteiger partial charge in [0.2, 0.25) is 0 Å². The Hall–Kier alpha value is -3.24. The SMILES string of the molecule is N#C[C@]1(O)C[C@@H]2CC(NC(=O)O)CC[C@H]2[C@@H]1C=Cc1ccc(-c2cccc(F)c2)cn1. The quantitative estimate of drug-likeness (QED) is 0.641. The van der Waals surface area contributed by atoms with Gasteiger partial charge >= 0.3 is 6.09 Å². The number of aliphatic hydroxyl groups is 1. The lowest BCUT2D eigenvalue weighted by Gasteiger charge is -2.33. The molecule has 0 aliphatic heterocycles. The maximum absolute atomic E-state index is 13.4. The van der Waals surface area contributed by atoms with Crippen LogP contribution < -0.4 is 5.32 Å². The minimum Gasteiger partial charge on any atom is -0.465 e. The van der Waals surface area contributed by atoms with E-state index in [1.165, 1.54) is 12.1 Å². The Labute approximate surface area is 180 Å². The third-order valence-corrected chi connectivity index (χ3v) is 6.57. The average molecular weight is 421 g/mol. The summed E-state index contributed by atoms with van der Waals surface area (Å²) in [6.45, 7) is 0. The van der Waals surface area contributed by atoms with Gasteiger partial charge in [-0.3, -0.25) is 4.98 Å². The van der Waals surface area contributed by atoms with Crippen molar-refractivity contribution in [2.45, 2.75) is 37.3 Å². The van der Waals surface area contributed by atoms with E-state index in [0.29, 0.717) is 25.0 Å². The van der Waals surface area contributed by atoms with Crippen molar-refractivity contribution >= 4 is 12.2 Å². The molecule has 1 aromatic carbocycles. The number of nitriles is 1. The Morgan fingerprint density at radius 2 is 2.13 bits per heavy atom. The number of nitrogens with zero attached hydrogens (tertiary/aromatic N) is 2. The van der Waals surface area contributed by atoms with Gasteiger partial charge in [0, 0.05) is 23.7 Å². The minimum absolute atomic E-state index is 0.0909. The molecule has 1 amide bonds. The smallest absolute Gasteiger partial charge is 0.404 e. The first-order chi connectivity index (χ1) is 14.9. The van der Waals surface area contributed by atoms with Crippen LogP contribution in [-0.4, -0.2) is 32.9 Å². The molecule has 0 bridgehead atoms. The van der Waals surface area contributed by atoms with Gasteiger partial charge in [-0.25, -0.2) is 9.18 Å². The number of carboxylic acid groups (broad SMARTS) is 1. The molecule has 0 radical (unpaired) electrons. The highest BCUT2D eigenvalue weighted by Gasteiger charge is 2.53. The van der Waals surface area contributed by atoms with Crippen molar-refractivity contribution < 1.29 is 19.4 Å². The highest BCUT2D eigenvalue weighted by molar-refractivity contribution is 5.65. The lowest BCUT2D eigenvalue weighted by atomic mass is 9.75. The normalized spacial score (nSPS) is 30.0. The first kappa shape index (κ1) is 21.0. The number of fused-ring (bicyclic) bond motifs is 1. The van der Waals surface area contributed by atoms with Crippen molar-refractivity contribution in [1.29, 1.82) is 5.26 Å². The van der Waals surface area contributed by atoms with Crippen LogP contribution in [0.3, 0.4) is 0 Å². The Kier molecular flexibility index (Phi) is 5.75. The Morgan fingerprint density at radius 1 is 1.29 bits per heavy atom. The third-order valence-electron chi connectivity index (χ3n) is 6.57. The molecule has 1 heterocycles. The molecule has 2 aliphatic rings. The molecule has 5 atom stereocenters. The van der Waals surface area contributed by atoms with Gasteiger partial charge in [-0.05, 0) is 67.4 Å². The molecule has 0 spiro atoms. The van der Waals surface area contributed by atoms with Crippen molar-refractivity contribution in [1.82, 2.24) is 10.3 Å². The van der Waals surface area contributed by atoms with E-state index >= 15 is 0 Å².